The fourth-order valence-corrected chi connectivity index (χ4v) is 3.75. The molecule has 1 saturated heterocycles. The molecule has 7 nitrogen and oxygen atoms in total. The van der Waals surface area contributed by atoms with E-state index in [-0.39, 0.29) is 30.9 Å². The number of amides is 1. The third kappa shape index (κ3) is 5.94. The van der Waals surface area contributed by atoms with Crippen molar-refractivity contribution in [3.8, 4) is 5.75 Å². The lowest BCUT2D eigenvalue weighted by atomic mass is 10.3. The third-order valence-electron chi connectivity index (χ3n) is 3.46. The van der Waals surface area contributed by atoms with Gasteiger partial charge in [-0.25, -0.2) is 8.42 Å². The van der Waals surface area contributed by atoms with E-state index in [2.05, 4.69) is 5.32 Å². The predicted molar refractivity (Wildman–Crippen MR) is 90.7 cm³/mol. The maximum absolute atomic E-state index is 12.2. The number of ether oxygens (including phenoxy) is 2. The molecule has 134 valence electrons. The van der Waals surface area contributed by atoms with Gasteiger partial charge >= 0.3 is 0 Å². The first-order chi connectivity index (χ1) is 11.4. The van der Waals surface area contributed by atoms with Crippen LogP contribution in [0.3, 0.4) is 0 Å². The summed E-state index contributed by atoms with van der Waals surface area (Å²) in [4.78, 5) is 11.7. The largest absolute Gasteiger partial charge is 0.484 e. The van der Waals surface area contributed by atoms with Gasteiger partial charge in [-0.3, -0.25) is 4.79 Å². The molecular weight excluding hydrogens is 356 g/mol. The van der Waals surface area contributed by atoms with Gasteiger partial charge in [0.15, 0.2) is 6.61 Å². The summed E-state index contributed by atoms with van der Waals surface area (Å²) in [6.45, 7) is 2.77. The van der Waals surface area contributed by atoms with Crippen LogP contribution in [0.2, 0.25) is 5.02 Å². The van der Waals surface area contributed by atoms with Crippen LogP contribution in [-0.2, 0) is 19.6 Å². The number of nitrogens with zero attached hydrogens (tertiary/aromatic N) is 1. The highest BCUT2D eigenvalue weighted by Crippen LogP contribution is 2.15. The maximum Gasteiger partial charge on any atom is 0.257 e. The average Bonchev–Trinajstić information content (AvgIpc) is 2.54. The number of hydrogen-bond donors (Lipinski definition) is 1. The molecule has 0 saturated carbocycles. The summed E-state index contributed by atoms with van der Waals surface area (Å²) in [5, 5.41) is 3.12. The number of carbonyl (C=O) groups is 1. The third-order valence-corrected chi connectivity index (χ3v) is 5.55. The van der Waals surface area contributed by atoms with Crippen LogP contribution >= 0.6 is 11.6 Å². The lowest BCUT2D eigenvalue weighted by Crippen LogP contribution is -2.46. The first kappa shape index (κ1) is 19.0. The molecule has 1 amide bonds. The second kappa shape index (κ2) is 8.66. The van der Waals surface area contributed by atoms with Crippen LogP contribution in [0, 0.1) is 0 Å². The van der Waals surface area contributed by atoms with E-state index >= 15 is 0 Å². The Labute approximate surface area is 146 Å². The number of morpholine rings is 1. The van der Waals surface area contributed by atoms with Crippen molar-refractivity contribution in [3.63, 3.8) is 0 Å². The van der Waals surface area contributed by atoms with Crippen molar-refractivity contribution in [3.05, 3.63) is 29.3 Å². The Morgan fingerprint density at radius 1 is 1.42 bits per heavy atom. The number of sulfonamides is 1. The highest BCUT2D eigenvalue weighted by molar-refractivity contribution is 7.89. The van der Waals surface area contributed by atoms with Crippen molar-refractivity contribution in [2.75, 3.05) is 38.6 Å². The topological polar surface area (TPSA) is 84.9 Å². The van der Waals surface area contributed by atoms with Crippen LogP contribution in [-0.4, -0.2) is 63.3 Å². The highest BCUT2D eigenvalue weighted by Gasteiger charge is 2.27. The maximum atomic E-state index is 12.2. The monoisotopic (exact) mass is 376 g/mol. The van der Waals surface area contributed by atoms with Crippen LogP contribution in [0.5, 0.6) is 5.75 Å². The predicted octanol–water partition coefficient (Wildman–Crippen LogP) is 0.886. The molecule has 1 aliphatic rings. The van der Waals surface area contributed by atoms with Gasteiger partial charge in [-0.05, 0) is 31.2 Å². The smallest absolute Gasteiger partial charge is 0.257 e. The normalized spacial score (nSPS) is 19.0. The number of benzene rings is 1. The van der Waals surface area contributed by atoms with Gasteiger partial charge in [-0.2, -0.15) is 4.31 Å². The van der Waals surface area contributed by atoms with Crippen molar-refractivity contribution >= 4 is 27.5 Å². The molecule has 1 heterocycles. The standard InChI is InChI=1S/C15H21ClN2O5S/c1-12-10-18(7-8-22-12)24(20,21)9-6-17-15(19)11-23-14-4-2-13(16)3-5-14/h2-5,12H,6-11H2,1H3,(H,17,19). The molecule has 1 N–H and O–H groups in total. The Morgan fingerprint density at radius 3 is 2.79 bits per heavy atom. The van der Waals surface area contributed by atoms with Gasteiger partial charge in [0, 0.05) is 24.7 Å². The summed E-state index contributed by atoms with van der Waals surface area (Å²) in [6, 6.07) is 6.62. The van der Waals surface area contributed by atoms with E-state index < -0.39 is 10.0 Å². The Kier molecular flexibility index (Phi) is 6.85. The molecule has 1 aromatic rings. The van der Waals surface area contributed by atoms with E-state index in [1.165, 1.54) is 4.31 Å². The molecule has 2 rings (SSSR count). The van der Waals surface area contributed by atoms with E-state index in [1.807, 2.05) is 6.92 Å². The lowest BCUT2D eigenvalue weighted by Gasteiger charge is -2.30. The van der Waals surface area contributed by atoms with Crippen LogP contribution in [0.25, 0.3) is 0 Å². The minimum atomic E-state index is -3.40. The number of halogens is 1. The summed E-state index contributed by atoms with van der Waals surface area (Å²) in [7, 11) is -3.40. The zero-order valence-electron chi connectivity index (χ0n) is 13.4. The van der Waals surface area contributed by atoms with Gasteiger partial charge in [0.2, 0.25) is 10.0 Å². The van der Waals surface area contributed by atoms with Crippen molar-refractivity contribution in [1.29, 1.82) is 0 Å². The molecule has 0 aromatic heterocycles. The SMILES string of the molecule is CC1CN(S(=O)(=O)CCNC(=O)COc2ccc(Cl)cc2)CCO1. The zero-order chi connectivity index (χ0) is 17.6. The Bertz CT molecular complexity index is 650. The van der Waals surface area contributed by atoms with E-state index in [1.54, 1.807) is 24.3 Å². The summed E-state index contributed by atoms with van der Waals surface area (Å²) in [6.07, 6.45) is -0.115. The Hall–Kier alpha value is -1.35. The number of rotatable bonds is 7. The van der Waals surface area contributed by atoms with E-state index in [0.717, 1.165) is 0 Å². The fraction of sp³-hybridized carbons (Fsp3) is 0.533. The van der Waals surface area contributed by atoms with Crippen molar-refractivity contribution in [2.24, 2.45) is 0 Å². The molecule has 1 aromatic carbocycles. The quantitative estimate of drug-likeness (QED) is 0.763. The molecular formula is C15H21ClN2O5S. The van der Waals surface area contributed by atoms with Crippen molar-refractivity contribution in [2.45, 2.75) is 13.0 Å². The summed E-state index contributed by atoms with van der Waals surface area (Å²) in [5.74, 6) is -0.00756. The van der Waals surface area contributed by atoms with Gasteiger partial charge in [0.05, 0.1) is 18.5 Å². The minimum Gasteiger partial charge on any atom is -0.484 e. The van der Waals surface area contributed by atoms with Gasteiger partial charge in [-0.1, -0.05) is 11.6 Å². The molecule has 24 heavy (non-hydrogen) atoms. The minimum absolute atomic E-state index is 0.0386. The van der Waals surface area contributed by atoms with Crippen molar-refractivity contribution in [1.82, 2.24) is 9.62 Å². The number of nitrogens with one attached hydrogen (secondary N) is 1. The summed E-state index contributed by atoms with van der Waals surface area (Å²) in [5.41, 5.74) is 0. The van der Waals surface area contributed by atoms with Gasteiger partial charge < -0.3 is 14.8 Å². The fourth-order valence-electron chi connectivity index (χ4n) is 2.22. The second-order valence-corrected chi connectivity index (χ2v) is 7.97. The average molecular weight is 377 g/mol. The summed E-state index contributed by atoms with van der Waals surface area (Å²) >= 11 is 5.76. The van der Waals surface area contributed by atoms with Gasteiger partial charge in [0.25, 0.3) is 5.91 Å². The molecule has 0 bridgehead atoms. The Balaban J connectivity index is 1.70. The van der Waals surface area contributed by atoms with Gasteiger partial charge in [-0.15, -0.1) is 0 Å². The lowest BCUT2D eigenvalue weighted by molar-refractivity contribution is -0.122. The van der Waals surface area contributed by atoms with E-state index in [0.29, 0.717) is 30.5 Å². The summed E-state index contributed by atoms with van der Waals surface area (Å²) < 4.78 is 36.4. The molecule has 1 unspecified atom stereocenters. The zero-order valence-corrected chi connectivity index (χ0v) is 15.0. The van der Waals surface area contributed by atoms with Crippen LogP contribution in [0.4, 0.5) is 0 Å². The molecule has 1 aliphatic heterocycles. The van der Waals surface area contributed by atoms with Gasteiger partial charge in [0.1, 0.15) is 5.75 Å². The van der Waals surface area contributed by atoms with E-state index in [9.17, 15) is 13.2 Å². The second-order valence-electron chi connectivity index (χ2n) is 5.45. The van der Waals surface area contributed by atoms with Crippen LogP contribution in [0.1, 0.15) is 6.92 Å². The molecule has 0 spiro atoms. The molecule has 0 aliphatic carbocycles. The van der Waals surface area contributed by atoms with E-state index in [4.69, 9.17) is 21.1 Å². The number of carbonyl (C=O) groups excluding carboxylic acids is 1. The van der Waals surface area contributed by atoms with Crippen LogP contribution in [0.15, 0.2) is 24.3 Å². The molecule has 0 radical (unpaired) electrons. The first-order valence-corrected chi connectivity index (χ1v) is 9.60. The number of hydrogen-bond acceptors (Lipinski definition) is 5. The molecule has 1 fully saturated rings. The van der Waals surface area contributed by atoms with Crippen molar-refractivity contribution < 1.29 is 22.7 Å². The first-order valence-electron chi connectivity index (χ1n) is 7.61. The highest BCUT2D eigenvalue weighted by atomic mass is 35.5. The Morgan fingerprint density at radius 2 is 2.12 bits per heavy atom. The van der Waals surface area contributed by atoms with Crippen LogP contribution < -0.4 is 10.1 Å². The molecule has 9 heteroatoms. The molecule has 1 atom stereocenters.